The summed E-state index contributed by atoms with van der Waals surface area (Å²) < 4.78 is 11.1. The van der Waals surface area contributed by atoms with Gasteiger partial charge >= 0.3 is 5.97 Å². The van der Waals surface area contributed by atoms with E-state index in [2.05, 4.69) is 0 Å². The molecule has 34 heavy (non-hydrogen) atoms. The molecule has 7 heteroatoms. The SMILES string of the molecule is N#Cc1ccc(C(OC(=O)c2c3c(nc4ccccc24)C(=Cc2ccco2)CC3)C(N)=O)cc1. The lowest BCUT2D eigenvalue weighted by Crippen LogP contribution is -2.26. The van der Waals surface area contributed by atoms with Crippen LogP contribution in [0.25, 0.3) is 22.6 Å². The number of furan rings is 1. The Hall–Kier alpha value is -4.70. The lowest BCUT2D eigenvalue weighted by Gasteiger charge is -2.17. The van der Waals surface area contributed by atoms with E-state index in [0.29, 0.717) is 46.2 Å². The molecule has 1 aliphatic rings. The molecule has 5 rings (SSSR count). The second-order valence-electron chi connectivity index (χ2n) is 7.94. The van der Waals surface area contributed by atoms with Crippen molar-refractivity contribution in [2.24, 2.45) is 5.73 Å². The standard InChI is InChI=1S/C27H19N3O4/c28-15-16-7-9-17(10-8-16)25(26(29)31)34-27(32)23-20-5-1-2-6-22(20)30-24-18(11-12-21(23)24)14-19-4-3-13-33-19/h1-10,13-14,25H,11-12H2,(H2,29,31). The number of nitriles is 1. The van der Waals surface area contributed by atoms with Crippen molar-refractivity contribution in [3.63, 3.8) is 0 Å². The number of fused-ring (bicyclic) bond motifs is 2. The molecule has 7 nitrogen and oxygen atoms in total. The summed E-state index contributed by atoms with van der Waals surface area (Å²) in [4.78, 5) is 30.5. The lowest BCUT2D eigenvalue weighted by molar-refractivity contribution is -0.127. The van der Waals surface area contributed by atoms with Gasteiger partial charge in [-0.05, 0) is 60.4 Å². The molecule has 0 fully saturated rings. The first-order valence-corrected chi connectivity index (χ1v) is 10.7. The van der Waals surface area contributed by atoms with Crippen molar-refractivity contribution in [1.29, 1.82) is 5.26 Å². The van der Waals surface area contributed by atoms with E-state index >= 15 is 0 Å². The Morgan fingerprint density at radius 3 is 2.59 bits per heavy atom. The van der Waals surface area contributed by atoms with Gasteiger partial charge in [-0.25, -0.2) is 9.78 Å². The molecule has 0 saturated carbocycles. The van der Waals surface area contributed by atoms with Crippen LogP contribution in [0.3, 0.4) is 0 Å². The Bertz CT molecular complexity index is 1480. The summed E-state index contributed by atoms with van der Waals surface area (Å²) >= 11 is 0. The quantitative estimate of drug-likeness (QED) is 0.446. The van der Waals surface area contributed by atoms with Crippen LogP contribution in [-0.2, 0) is 16.0 Å². The number of hydrogen-bond acceptors (Lipinski definition) is 6. The average Bonchev–Trinajstić information content (AvgIpc) is 3.51. The fourth-order valence-corrected chi connectivity index (χ4v) is 4.25. The molecule has 2 heterocycles. The van der Waals surface area contributed by atoms with Crippen LogP contribution in [0.5, 0.6) is 0 Å². The lowest BCUT2D eigenvalue weighted by atomic mass is 10.0. The highest BCUT2D eigenvalue weighted by Gasteiger charge is 2.30. The summed E-state index contributed by atoms with van der Waals surface area (Å²) in [5.74, 6) is -0.745. The third-order valence-corrected chi connectivity index (χ3v) is 5.83. The molecule has 0 spiro atoms. The first kappa shape index (κ1) is 21.2. The topological polar surface area (TPSA) is 119 Å². The largest absolute Gasteiger partial charge is 0.465 e. The second-order valence-corrected chi connectivity index (χ2v) is 7.94. The molecule has 0 radical (unpaired) electrons. The summed E-state index contributed by atoms with van der Waals surface area (Å²) in [5.41, 5.74) is 9.87. The third-order valence-electron chi connectivity index (χ3n) is 5.83. The Labute approximate surface area is 195 Å². The first-order chi connectivity index (χ1) is 16.5. The molecular weight excluding hydrogens is 430 g/mol. The maximum absolute atomic E-state index is 13.5. The molecule has 166 valence electrons. The molecular formula is C27H19N3O4. The van der Waals surface area contributed by atoms with Crippen LogP contribution in [0.2, 0.25) is 0 Å². The number of aromatic nitrogens is 1. The number of esters is 1. The van der Waals surface area contributed by atoms with Crippen molar-refractivity contribution in [1.82, 2.24) is 4.98 Å². The second kappa shape index (κ2) is 8.68. The highest BCUT2D eigenvalue weighted by Crippen LogP contribution is 2.38. The zero-order valence-electron chi connectivity index (χ0n) is 18.0. The van der Waals surface area contributed by atoms with E-state index in [0.717, 1.165) is 16.8 Å². The number of para-hydroxylation sites is 1. The number of nitrogens with two attached hydrogens (primary N) is 1. The minimum atomic E-state index is -1.29. The molecule has 2 N–H and O–H groups in total. The van der Waals surface area contributed by atoms with Gasteiger partial charge in [-0.1, -0.05) is 30.3 Å². The molecule has 2 aromatic carbocycles. The normalized spacial score (nSPS) is 14.5. The molecule has 0 aliphatic heterocycles. The first-order valence-electron chi connectivity index (χ1n) is 10.7. The van der Waals surface area contributed by atoms with Gasteiger partial charge in [0.25, 0.3) is 5.91 Å². The van der Waals surface area contributed by atoms with Gasteiger partial charge in [0, 0.05) is 10.9 Å². The number of nitrogens with zero attached hydrogens (tertiary/aromatic N) is 2. The van der Waals surface area contributed by atoms with Crippen molar-refractivity contribution >= 4 is 34.4 Å². The number of hydrogen-bond donors (Lipinski definition) is 1. The Balaban J connectivity index is 1.58. The van der Waals surface area contributed by atoms with Crippen LogP contribution in [0.4, 0.5) is 0 Å². The van der Waals surface area contributed by atoms with E-state index in [9.17, 15) is 9.59 Å². The maximum Gasteiger partial charge on any atom is 0.340 e. The van der Waals surface area contributed by atoms with Crippen molar-refractivity contribution in [2.75, 3.05) is 0 Å². The van der Waals surface area contributed by atoms with E-state index in [1.165, 1.54) is 0 Å². The number of benzene rings is 2. The van der Waals surface area contributed by atoms with Gasteiger partial charge in [0.05, 0.1) is 34.7 Å². The highest BCUT2D eigenvalue weighted by molar-refractivity contribution is 6.07. The number of amides is 1. The van der Waals surface area contributed by atoms with Gasteiger partial charge in [0.15, 0.2) is 0 Å². The summed E-state index contributed by atoms with van der Waals surface area (Å²) in [6, 6.07) is 19.2. The number of ether oxygens (including phenoxy) is 1. The van der Waals surface area contributed by atoms with Gasteiger partial charge in [0.2, 0.25) is 6.10 Å². The number of carbonyl (C=O) groups is 2. The number of primary amides is 1. The molecule has 4 aromatic rings. The maximum atomic E-state index is 13.5. The molecule has 1 atom stereocenters. The van der Waals surface area contributed by atoms with E-state index in [1.54, 1.807) is 30.5 Å². The number of rotatable bonds is 5. The van der Waals surface area contributed by atoms with Crippen LogP contribution in [0.15, 0.2) is 71.3 Å². The van der Waals surface area contributed by atoms with Crippen molar-refractivity contribution < 1.29 is 18.7 Å². The van der Waals surface area contributed by atoms with Gasteiger partial charge in [-0.2, -0.15) is 5.26 Å². The molecule has 0 bridgehead atoms. The number of allylic oxidation sites excluding steroid dienone is 1. The highest BCUT2D eigenvalue weighted by atomic mass is 16.5. The predicted octanol–water partition coefficient (Wildman–Crippen LogP) is 4.57. The van der Waals surface area contributed by atoms with Crippen LogP contribution in [0.1, 0.15) is 51.0 Å². The number of carbonyl (C=O) groups excluding carboxylic acids is 2. The zero-order chi connectivity index (χ0) is 23.7. The molecule has 2 aromatic heterocycles. The van der Waals surface area contributed by atoms with Crippen LogP contribution >= 0.6 is 0 Å². The van der Waals surface area contributed by atoms with Crippen LogP contribution in [0, 0.1) is 11.3 Å². The minimum absolute atomic E-state index is 0.378. The third kappa shape index (κ3) is 3.82. The monoisotopic (exact) mass is 449 g/mol. The average molecular weight is 449 g/mol. The summed E-state index contributed by atoms with van der Waals surface area (Å²) in [5, 5.41) is 9.67. The van der Waals surface area contributed by atoms with Crippen molar-refractivity contribution in [3.05, 3.63) is 101 Å². The molecule has 1 amide bonds. The zero-order valence-corrected chi connectivity index (χ0v) is 18.0. The molecule has 0 saturated heterocycles. The molecule has 1 aliphatic carbocycles. The van der Waals surface area contributed by atoms with Crippen LogP contribution in [-0.4, -0.2) is 16.9 Å². The Morgan fingerprint density at radius 1 is 1.09 bits per heavy atom. The Morgan fingerprint density at radius 2 is 1.88 bits per heavy atom. The van der Waals surface area contributed by atoms with Gasteiger partial charge < -0.3 is 14.9 Å². The van der Waals surface area contributed by atoms with Gasteiger partial charge in [-0.3, -0.25) is 4.79 Å². The van der Waals surface area contributed by atoms with Gasteiger partial charge in [0.1, 0.15) is 5.76 Å². The van der Waals surface area contributed by atoms with E-state index in [1.807, 2.05) is 48.5 Å². The fraction of sp³-hybridized carbons (Fsp3) is 0.111. The molecule has 1 unspecified atom stereocenters. The minimum Gasteiger partial charge on any atom is -0.465 e. The predicted molar refractivity (Wildman–Crippen MR) is 125 cm³/mol. The number of pyridine rings is 1. The van der Waals surface area contributed by atoms with E-state index in [4.69, 9.17) is 25.1 Å². The van der Waals surface area contributed by atoms with Crippen molar-refractivity contribution in [3.8, 4) is 6.07 Å². The van der Waals surface area contributed by atoms with Crippen LogP contribution < -0.4 is 5.73 Å². The smallest absolute Gasteiger partial charge is 0.340 e. The summed E-state index contributed by atoms with van der Waals surface area (Å²) in [6.45, 7) is 0. The van der Waals surface area contributed by atoms with E-state index < -0.39 is 18.0 Å². The Kier molecular flexibility index (Phi) is 5.40. The fourth-order valence-electron chi connectivity index (χ4n) is 4.25. The van der Waals surface area contributed by atoms with Crippen molar-refractivity contribution in [2.45, 2.75) is 18.9 Å². The summed E-state index contributed by atoms with van der Waals surface area (Å²) in [7, 11) is 0. The van der Waals surface area contributed by atoms with E-state index in [-0.39, 0.29) is 0 Å². The summed E-state index contributed by atoms with van der Waals surface area (Å²) in [6.07, 6.45) is 3.52. The van der Waals surface area contributed by atoms with Gasteiger partial charge in [-0.15, -0.1) is 0 Å².